The van der Waals surface area contributed by atoms with Crippen LogP contribution in [0.5, 0.6) is 5.75 Å². The third-order valence-corrected chi connectivity index (χ3v) is 4.93. The number of nitrogens with zero attached hydrogens (tertiary/aromatic N) is 1. The maximum Gasteiger partial charge on any atom is 0.338 e. The fourth-order valence-corrected chi connectivity index (χ4v) is 2.75. The lowest BCUT2D eigenvalue weighted by Crippen LogP contribution is -2.05. The molecule has 2 aromatic rings. The van der Waals surface area contributed by atoms with Crippen LogP contribution in [-0.2, 0) is 4.74 Å². The van der Waals surface area contributed by atoms with Crippen LogP contribution >= 0.6 is 15.9 Å². The summed E-state index contributed by atoms with van der Waals surface area (Å²) in [7, 11) is 0. The largest absolute Gasteiger partial charge is 0.506 e. The highest BCUT2D eigenvalue weighted by Crippen LogP contribution is 2.32. The molecule has 0 aliphatic carbocycles. The molecule has 0 atom stereocenters. The van der Waals surface area contributed by atoms with Crippen LogP contribution in [0.2, 0.25) is 0 Å². The topological polar surface area (TPSA) is 58.9 Å². The number of carbonyl (C=O) groups is 1. The Balaban J connectivity index is 2.11. The van der Waals surface area contributed by atoms with Gasteiger partial charge in [-0.1, -0.05) is 13.3 Å². The van der Waals surface area contributed by atoms with Gasteiger partial charge in [0.15, 0.2) is 0 Å². The van der Waals surface area contributed by atoms with Crippen molar-refractivity contribution in [3.05, 3.63) is 57.1 Å². The van der Waals surface area contributed by atoms with Gasteiger partial charge in [-0.15, -0.1) is 0 Å². The van der Waals surface area contributed by atoms with Crippen LogP contribution in [0.4, 0.5) is 5.69 Å². The van der Waals surface area contributed by atoms with Crippen LogP contribution in [0.3, 0.4) is 0 Å². The van der Waals surface area contributed by atoms with Crippen LogP contribution in [0.15, 0.2) is 39.8 Å². The van der Waals surface area contributed by atoms with Crippen molar-refractivity contribution in [3.8, 4) is 5.75 Å². The minimum atomic E-state index is -0.320. The van der Waals surface area contributed by atoms with Gasteiger partial charge in [-0.2, -0.15) is 0 Å². The average molecular weight is 404 g/mol. The highest BCUT2D eigenvalue weighted by Gasteiger charge is 2.10. The number of rotatable bonds is 6. The van der Waals surface area contributed by atoms with Crippen molar-refractivity contribution in [1.82, 2.24) is 0 Å². The number of aryl methyl sites for hydroxylation is 1. The SMILES string of the molecule is CCCCOC(=O)c1ccc(N=Cc2cc(C)c(C)c(Br)c2O)cc1. The number of phenolic OH excluding ortho intramolecular Hbond substituents is 1. The number of ether oxygens (including phenoxy) is 1. The number of benzene rings is 2. The van der Waals surface area contributed by atoms with Crippen molar-refractivity contribution in [2.75, 3.05) is 6.61 Å². The van der Waals surface area contributed by atoms with Crippen molar-refractivity contribution in [3.63, 3.8) is 0 Å². The summed E-state index contributed by atoms with van der Waals surface area (Å²) in [4.78, 5) is 16.2. The average Bonchev–Trinajstić information content (AvgIpc) is 2.62. The predicted octanol–water partition coefficient (Wildman–Crippen LogP) is 5.48. The van der Waals surface area contributed by atoms with Crippen LogP contribution in [0, 0.1) is 13.8 Å². The number of halogens is 1. The van der Waals surface area contributed by atoms with Crippen LogP contribution in [0.25, 0.3) is 0 Å². The van der Waals surface area contributed by atoms with E-state index in [9.17, 15) is 9.90 Å². The minimum absolute atomic E-state index is 0.169. The molecule has 0 bridgehead atoms. The molecule has 0 aliphatic rings. The first-order valence-electron chi connectivity index (χ1n) is 8.24. The quantitative estimate of drug-likeness (QED) is 0.394. The van der Waals surface area contributed by atoms with E-state index in [0.717, 1.165) is 24.0 Å². The molecule has 2 rings (SSSR count). The first-order valence-corrected chi connectivity index (χ1v) is 9.03. The maximum absolute atomic E-state index is 11.9. The van der Waals surface area contributed by atoms with E-state index in [1.807, 2.05) is 26.8 Å². The Hall–Kier alpha value is -2.14. The maximum atomic E-state index is 11.9. The Morgan fingerprint density at radius 1 is 1.28 bits per heavy atom. The van der Waals surface area contributed by atoms with Gasteiger partial charge in [-0.25, -0.2) is 4.79 Å². The van der Waals surface area contributed by atoms with E-state index in [1.165, 1.54) is 0 Å². The molecule has 132 valence electrons. The Morgan fingerprint density at radius 3 is 2.60 bits per heavy atom. The molecule has 0 aliphatic heterocycles. The molecule has 5 heteroatoms. The highest BCUT2D eigenvalue weighted by molar-refractivity contribution is 9.10. The van der Waals surface area contributed by atoms with Crippen LogP contribution in [0.1, 0.15) is 46.8 Å². The summed E-state index contributed by atoms with van der Waals surface area (Å²) in [6.45, 7) is 6.41. The molecule has 0 amide bonds. The normalized spacial score (nSPS) is 11.0. The lowest BCUT2D eigenvalue weighted by Gasteiger charge is -2.08. The standard InChI is InChI=1S/C20H22BrNO3/c1-4-5-10-25-20(24)15-6-8-17(9-7-15)22-12-16-11-13(2)14(3)18(21)19(16)23/h6-9,11-12,23H,4-5,10H2,1-3H3. The van der Waals surface area contributed by atoms with Crippen molar-refractivity contribution in [2.45, 2.75) is 33.6 Å². The summed E-state index contributed by atoms with van der Waals surface area (Å²) in [6.07, 6.45) is 3.46. The fraction of sp³-hybridized carbons (Fsp3) is 0.300. The Labute approximate surface area is 156 Å². The number of hydrogen-bond acceptors (Lipinski definition) is 4. The lowest BCUT2D eigenvalue weighted by molar-refractivity contribution is 0.0500. The zero-order valence-electron chi connectivity index (χ0n) is 14.7. The molecule has 0 aromatic heterocycles. The second-order valence-corrected chi connectivity index (χ2v) is 6.66. The first-order chi connectivity index (χ1) is 11.9. The summed E-state index contributed by atoms with van der Waals surface area (Å²) < 4.78 is 5.86. The van der Waals surface area contributed by atoms with Gasteiger partial charge < -0.3 is 9.84 Å². The minimum Gasteiger partial charge on any atom is -0.506 e. The van der Waals surface area contributed by atoms with Gasteiger partial charge in [0.1, 0.15) is 5.75 Å². The number of aromatic hydroxyl groups is 1. The van der Waals surface area contributed by atoms with Gasteiger partial charge in [0.2, 0.25) is 0 Å². The molecular formula is C20H22BrNO3. The van der Waals surface area contributed by atoms with Crippen LogP contribution in [-0.4, -0.2) is 23.9 Å². The van der Waals surface area contributed by atoms with E-state index in [-0.39, 0.29) is 11.7 Å². The molecule has 0 spiro atoms. The Kier molecular flexibility index (Phi) is 6.76. The highest BCUT2D eigenvalue weighted by atomic mass is 79.9. The zero-order valence-corrected chi connectivity index (χ0v) is 16.3. The number of phenols is 1. The second kappa shape index (κ2) is 8.81. The van der Waals surface area contributed by atoms with Crippen molar-refractivity contribution in [1.29, 1.82) is 0 Å². The zero-order chi connectivity index (χ0) is 18.4. The second-order valence-electron chi connectivity index (χ2n) is 5.86. The Morgan fingerprint density at radius 2 is 1.96 bits per heavy atom. The van der Waals surface area contributed by atoms with Gasteiger partial charge in [0.25, 0.3) is 0 Å². The Bertz CT molecular complexity index is 783. The number of esters is 1. The first kappa shape index (κ1) is 19.2. The molecule has 0 heterocycles. The number of carbonyl (C=O) groups excluding carboxylic acids is 1. The van der Waals surface area contributed by atoms with E-state index in [0.29, 0.717) is 27.9 Å². The molecule has 1 N–H and O–H groups in total. The van der Waals surface area contributed by atoms with Crippen molar-refractivity contribution >= 4 is 33.8 Å². The summed E-state index contributed by atoms with van der Waals surface area (Å²) in [6, 6.07) is 8.77. The van der Waals surface area contributed by atoms with E-state index >= 15 is 0 Å². The number of hydrogen-bond donors (Lipinski definition) is 1. The fourth-order valence-electron chi connectivity index (χ4n) is 2.21. The van der Waals surface area contributed by atoms with E-state index in [1.54, 1.807) is 30.5 Å². The molecule has 0 saturated carbocycles. The monoisotopic (exact) mass is 403 g/mol. The van der Waals surface area contributed by atoms with E-state index in [2.05, 4.69) is 20.9 Å². The van der Waals surface area contributed by atoms with Gasteiger partial charge in [0.05, 0.1) is 22.3 Å². The third kappa shape index (κ3) is 4.92. The van der Waals surface area contributed by atoms with Crippen LogP contribution < -0.4 is 0 Å². The van der Waals surface area contributed by atoms with Gasteiger partial charge in [-0.3, -0.25) is 4.99 Å². The lowest BCUT2D eigenvalue weighted by atomic mass is 10.1. The summed E-state index contributed by atoms with van der Waals surface area (Å²) >= 11 is 3.40. The summed E-state index contributed by atoms with van der Waals surface area (Å²) in [5.74, 6) is -0.150. The van der Waals surface area contributed by atoms with E-state index < -0.39 is 0 Å². The van der Waals surface area contributed by atoms with Gasteiger partial charge in [-0.05, 0) is 77.7 Å². The molecule has 25 heavy (non-hydrogen) atoms. The third-order valence-electron chi connectivity index (χ3n) is 3.96. The molecule has 0 fully saturated rings. The van der Waals surface area contributed by atoms with Gasteiger partial charge >= 0.3 is 5.97 Å². The number of aliphatic imine (C=N–C) groups is 1. The summed E-state index contributed by atoms with van der Waals surface area (Å²) in [5.41, 5.74) is 3.90. The van der Waals surface area contributed by atoms with Gasteiger partial charge in [0, 0.05) is 11.8 Å². The number of unbranched alkanes of at least 4 members (excludes halogenated alkanes) is 1. The molecule has 0 unspecified atom stereocenters. The smallest absolute Gasteiger partial charge is 0.338 e. The summed E-state index contributed by atoms with van der Waals surface area (Å²) in [5, 5.41) is 10.2. The molecule has 0 saturated heterocycles. The predicted molar refractivity (Wildman–Crippen MR) is 104 cm³/mol. The molecular weight excluding hydrogens is 382 g/mol. The van der Waals surface area contributed by atoms with Crippen molar-refractivity contribution in [2.24, 2.45) is 4.99 Å². The molecule has 0 radical (unpaired) electrons. The van der Waals surface area contributed by atoms with E-state index in [4.69, 9.17) is 4.74 Å². The molecule has 4 nitrogen and oxygen atoms in total. The molecule has 2 aromatic carbocycles. The van der Waals surface area contributed by atoms with Crippen molar-refractivity contribution < 1.29 is 14.6 Å².